The maximum Gasteiger partial charge on any atom is 0.339 e. The van der Waals surface area contributed by atoms with Gasteiger partial charge in [-0.2, -0.15) is 0 Å². The molecule has 2 aromatic rings. The Morgan fingerprint density at radius 2 is 2.05 bits per heavy atom. The van der Waals surface area contributed by atoms with Crippen LogP contribution in [0.1, 0.15) is 28.8 Å². The van der Waals surface area contributed by atoms with Crippen LogP contribution < -0.4 is 4.74 Å². The molecular weight excluding hydrogens is 244 g/mol. The molecule has 0 unspecified atom stereocenters. The van der Waals surface area contributed by atoms with Gasteiger partial charge in [0.25, 0.3) is 0 Å². The standard InChI is InChI=1S/C14H14N2O3/c1-2-12-11(14(17)18)8-15-13(16-12)9-19-10-6-4-3-5-7-10/h3-8H,2,9H2,1H3,(H,17,18). The first-order valence-electron chi connectivity index (χ1n) is 5.96. The van der Waals surface area contributed by atoms with E-state index in [1.165, 1.54) is 6.20 Å². The zero-order valence-electron chi connectivity index (χ0n) is 10.5. The van der Waals surface area contributed by atoms with Gasteiger partial charge in [-0.3, -0.25) is 0 Å². The second kappa shape index (κ2) is 5.95. The van der Waals surface area contributed by atoms with Crippen molar-refractivity contribution in [1.82, 2.24) is 9.97 Å². The van der Waals surface area contributed by atoms with Gasteiger partial charge in [0.2, 0.25) is 0 Å². The van der Waals surface area contributed by atoms with E-state index < -0.39 is 5.97 Å². The molecule has 0 atom stereocenters. The Balaban J connectivity index is 2.11. The minimum absolute atomic E-state index is 0.144. The number of carboxylic acid groups (broad SMARTS) is 1. The van der Waals surface area contributed by atoms with Crippen molar-refractivity contribution in [2.24, 2.45) is 0 Å². The van der Waals surface area contributed by atoms with Crippen LogP contribution in [0.4, 0.5) is 0 Å². The van der Waals surface area contributed by atoms with Crippen molar-refractivity contribution in [3.05, 3.63) is 53.6 Å². The molecule has 0 spiro atoms. The van der Waals surface area contributed by atoms with E-state index in [0.717, 1.165) is 5.75 Å². The van der Waals surface area contributed by atoms with Crippen LogP contribution >= 0.6 is 0 Å². The van der Waals surface area contributed by atoms with E-state index in [2.05, 4.69) is 9.97 Å². The lowest BCUT2D eigenvalue weighted by Gasteiger charge is -2.07. The Bertz CT molecular complexity index is 570. The molecule has 0 amide bonds. The Labute approximate surface area is 110 Å². The molecule has 1 aromatic heterocycles. The van der Waals surface area contributed by atoms with E-state index in [0.29, 0.717) is 17.9 Å². The molecule has 5 heteroatoms. The fourth-order valence-electron chi connectivity index (χ4n) is 1.64. The molecule has 0 saturated heterocycles. The highest BCUT2D eigenvalue weighted by Crippen LogP contribution is 2.11. The summed E-state index contributed by atoms with van der Waals surface area (Å²) in [4.78, 5) is 19.2. The fraction of sp³-hybridized carbons (Fsp3) is 0.214. The summed E-state index contributed by atoms with van der Waals surface area (Å²) < 4.78 is 5.52. The van der Waals surface area contributed by atoms with Gasteiger partial charge in [0.15, 0.2) is 5.82 Å². The number of rotatable bonds is 5. The number of hydrogen-bond donors (Lipinski definition) is 1. The summed E-state index contributed by atoms with van der Waals surface area (Å²) in [6.07, 6.45) is 1.88. The van der Waals surface area contributed by atoms with Gasteiger partial charge in [-0.1, -0.05) is 25.1 Å². The summed E-state index contributed by atoms with van der Waals surface area (Å²) in [7, 11) is 0. The lowest BCUT2D eigenvalue weighted by molar-refractivity contribution is 0.0694. The Morgan fingerprint density at radius 3 is 2.68 bits per heavy atom. The summed E-state index contributed by atoms with van der Waals surface area (Å²) in [5, 5.41) is 8.98. The number of aromatic carboxylic acids is 1. The van der Waals surface area contributed by atoms with Crippen molar-refractivity contribution in [3.8, 4) is 5.75 Å². The third kappa shape index (κ3) is 3.28. The quantitative estimate of drug-likeness (QED) is 0.891. The molecule has 98 valence electrons. The summed E-state index contributed by atoms with van der Waals surface area (Å²) in [6, 6.07) is 9.33. The van der Waals surface area contributed by atoms with Crippen molar-refractivity contribution in [2.75, 3.05) is 0 Å². The summed E-state index contributed by atoms with van der Waals surface area (Å²) in [5.74, 6) is 0.199. The third-order valence-electron chi connectivity index (χ3n) is 2.59. The number of nitrogens with zero attached hydrogens (tertiary/aromatic N) is 2. The minimum atomic E-state index is -1.01. The molecule has 0 saturated carbocycles. The Morgan fingerprint density at radius 1 is 1.32 bits per heavy atom. The molecule has 1 heterocycles. The fourth-order valence-corrected chi connectivity index (χ4v) is 1.64. The molecule has 19 heavy (non-hydrogen) atoms. The molecule has 5 nitrogen and oxygen atoms in total. The molecule has 2 rings (SSSR count). The average Bonchev–Trinajstić information content (AvgIpc) is 2.45. The minimum Gasteiger partial charge on any atom is -0.486 e. The monoisotopic (exact) mass is 258 g/mol. The van der Waals surface area contributed by atoms with E-state index in [9.17, 15) is 4.79 Å². The van der Waals surface area contributed by atoms with Crippen LogP contribution in [0.5, 0.6) is 5.75 Å². The second-order valence-electron chi connectivity index (χ2n) is 3.91. The first-order chi connectivity index (χ1) is 9.20. The third-order valence-corrected chi connectivity index (χ3v) is 2.59. The predicted molar refractivity (Wildman–Crippen MR) is 69.1 cm³/mol. The lowest BCUT2D eigenvalue weighted by Crippen LogP contribution is -2.10. The largest absolute Gasteiger partial charge is 0.486 e. The van der Waals surface area contributed by atoms with Crippen LogP contribution in [-0.2, 0) is 13.0 Å². The number of aryl methyl sites for hydroxylation is 1. The normalized spacial score (nSPS) is 10.2. The topological polar surface area (TPSA) is 72.3 Å². The van der Waals surface area contributed by atoms with Gasteiger partial charge in [-0.15, -0.1) is 0 Å². The number of benzene rings is 1. The van der Waals surface area contributed by atoms with E-state index in [-0.39, 0.29) is 12.2 Å². The molecule has 0 radical (unpaired) electrons. The summed E-state index contributed by atoms with van der Waals surface area (Å²) in [5.41, 5.74) is 0.667. The van der Waals surface area contributed by atoms with E-state index >= 15 is 0 Å². The van der Waals surface area contributed by atoms with Gasteiger partial charge < -0.3 is 9.84 Å². The average molecular weight is 258 g/mol. The zero-order chi connectivity index (χ0) is 13.7. The molecular formula is C14H14N2O3. The van der Waals surface area contributed by atoms with Gasteiger partial charge >= 0.3 is 5.97 Å². The molecule has 0 aliphatic heterocycles. The molecule has 0 fully saturated rings. The van der Waals surface area contributed by atoms with Gasteiger partial charge in [0, 0.05) is 6.20 Å². The maximum atomic E-state index is 11.0. The number of ether oxygens (including phenoxy) is 1. The van der Waals surface area contributed by atoms with Gasteiger partial charge in [0.05, 0.1) is 11.3 Å². The predicted octanol–water partition coefficient (Wildman–Crippen LogP) is 2.32. The van der Waals surface area contributed by atoms with Crippen LogP contribution in [0.25, 0.3) is 0 Å². The highest BCUT2D eigenvalue weighted by Gasteiger charge is 2.12. The molecule has 1 N–H and O–H groups in total. The zero-order valence-corrected chi connectivity index (χ0v) is 10.5. The van der Waals surface area contributed by atoms with Crippen molar-refractivity contribution >= 4 is 5.97 Å². The molecule has 0 aliphatic carbocycles. The van der Waals surface area contributed by atoms with E-state index in [1.54, 1.807) is 0 Å². The van der Waals surface area contributed by atoms with Crippen molar-refractivity contribution in [2.45, 2.75) is 20.0 Å². The number of para-hydroxylation sites is 1. The highest BCUT2D eigenvalue weighted by molar-refractivity contribution is 5.88. The first-order valence-corrected chi connectivity index (χ1v) is 5.96. The second-order valence-corrected chi connectivity index (χ2v) is 3.91. The molecule has 1 aromatic carbocycles. The summed E-state index contributed by atoms with van der Waals surface area (Å²) >= 11 is 0. The maximum absolute atomic E-state index is 11.0. The Kier molecular flexibility index (Phi) is 4.07. The number of aromatic nitrogens is 2. The number of carbonyl (C=O) groups is 1. The Hall–Kier alpha value is -2.43. The van der Waals surface area contributed by atoms with Crippen LogP contribution in [0.15, 0.2) is 36.5 Å². The van der Waals surface area contributed by atoms with E-state index in [1.807, 2.05) is 37.3 Å². The van der Waals surface area contributed by atoms with Crippen LogP contribution in [0, 0.1) is 0 Å². The SMILES string of the molecule is CCc1nc(COc2ccccc2)ncc1C(=O)O. The van der Waals surface area contributed by atoms with Crippen molar-refractivity contribution < 1.29 is 14.6 Å². The summed E-state index contributed by atoms with van der Waals surface area (Å²) in [6.45, 7) is 2.08. The smallest absolute Gasteiger partial charge is 0.339 e. The number of carboxylic acids is 1. The first kappa shape index (κ1) is 13.0. The van der Waals surface area contributed by atoms with Crippen LogP contribution in [-0.4, -0.2) is 21.0 Å². The van der Waals surface area contributed by atoms with Gasteiger partial charge in [0.1, 0.15) is 12.4 Å². The molecule has 0 aliphatic rings. The van der Waals surface area contributed by atoms with Gasteiger partial charge in [-0.25, -0.2) is 14.8 Å². The van der Waals surface area contributed by atoms with Crippen LogP contribution in [0.2, 0.25) is 0 Å². The van der Waals surface area contributed by atoms with Crippen LogP contribution in [0.3, 0.4) is 0 Å². The number of hydrogen-bond acceptors (Lipinski definition) is 4. The van der Waals surface area contributed by atoms with Gasteiger partial charge in [-0.05, 0) is 18.6 Å². The lowest BCUT2D eigenvalue weighted by atomic mass is 10.2. The molecule has 0 bridgehead atoms. The highest BCUT2D eigenvalue weighted by atomic mass is 16.5. The van der Waals surface area contributed by atoms with Crippen molar-refractivity contribution in [3.63, 3.8) is 0 Å². The van der Waals surface area contributed by atoms with Crippen molar-refractivity contribution in [1.29, 1.82) is 0 Å². The van der Waals surface area contributed by atoms with E-state index in [4.69, 9.17) is 9.84 Å².